The highest BCUT2D eigenvalue weighted by atomic mass is 35.5. The number of amides is 1. The number of morpholine rings is 1. The number of benzene rings is 1. The van der Waals surface area contributed by atoms with Crippen LogP contribution in [0.3, 0.4) is 0 Å². The molecule has 1 unspecified atom stereocenters. The number of hydrogen-bond donors (Lipinski definition) is 1. The van der Waals surface area contributed by atoms with Gasteiger partial charge in [0.1, 0.15) is 27.6 Å². The van der Waals surface area contributed by atoms with E-state index >= 15 is 0 Å². The molecule has 2 fully saturated rings. The van der Waals surface area contributed by atoms with E-state index < -0.39 is 23.1 Å². The van der Waals surface area contributed by atoms with E-state index in [4.69, 9.17) is 21.1 Å². The minimum atomic E-state index is -4.59. The summed E-state index contributed by atoms with van der Waals surface area (Å²) >= 11 is 5.37. The Kier molecular flexibility index (Phi) is 7.85. The number of hydrogen-bond acceptors (Lipinski definition) is 7. The summed E-state index contributed by atoms with van der Waals surface area (Å²) in [4.78, 5) is 16.3. The van der Waals surface area contributed by atoms with Gasteiger partial charge in [0.25, 0.3) is 5.91 Å². The Morgan fingerprint density at radius 1 is 1.29 bits per heavy atom. The molecule has 0 spiro atoms. The van der Waals surface area contributed by atoms with Crippen LogP contribution < -0.4 is 9.46 Å². The molecular weight excluding hydrogens is 515 g/mol. The van der Waals surface area contributed by atoms with Crippen LogP contribution in [0.25, 0.3) is 0 Å². The number of halogens is 4. The molecule has 1 amide bonds. The Morgan fingerprint density at radius 2 is 2.03 bits per heavy atom. The summed E-state index contributed by atoms with van der Waals surface area (Å²) in [5.74, 6) is -0.596. The van der Waals surface area contributed by atoms with Crippen molar-refractivity contribution in [3.05, 3.63) is 39.7 Å². The van der Waals surface area contributed by atoms with Crippen molar-refractivity contribution in [1.82, 2.24) is 9.80 Å². The summed E-state index contributed by atoms with van der Waals surface area (Å²) in [6.07, 6.45) is -4.34. The predicted molar refractivity (Wildman–Crippen MR) is 124 cm³/mol. The summed E-state index contributed by atoms with van der Waals surface area (Å²) in [6, 6.07) is 4.75. The molecule has 186 valence electrons. The molecule has 2 atom stereocenters. The topological polar surface area (TPSA) is 77.1 Å². The zero-order valence-corrected chi connectivity index (χ0v) is 20.6. The molecule has 2 aliphatic heterocycles. The van der Waals surface area contributed by atoms with Crippen molar-refractivity contribution in [3.63, 3.8) is 0 Å². The highest BCUT2D eigenvalue weighted by Crippen LogP contribution is 2.39. The molecule has 0 bridgehead atoms. The monoisotopic (exact) mass is 537 g/mol. The summed E-state index contributed by atoms with van der Waals surface area (Å²) < 4.78 is 67.5. The third kappa shape index (κ3) is 5.92. The average Bonchev–Trinajstić information content (AvgIpc) is 3.38. The Bertz CT molecular complexity index is 1030. The van der Waals surface area contributed by atoms with Gasteiger partial charge < -0.3 is 23.8 Å². The van der Waals surface area contributed by atoms with Crippen molar-refractivity contribution < 1.29 is 32.0 Å². The van der Waals surface area contributed by atoms with Gasteiger partial charge in [-0.2, -0.15) is 13.2 Å². The van der Waals surface area contributed by atoms with Crippen LogP contribution in [0.1, 0.15) is 22.3 Å². The lowest BCUT2D eigenvalue weighted by molar-refractivity contribution is -0.139. The first kappa shape index (κ1) is 25.4. The minimum absolute atomic E-state index is 0.193. The van der Waals surface area contributed by atoms with E-state index in [1.165, 1.54) is 18.2 Å². The van der Waals surface area contributed by atoms with Gasteiger partial charge in [0.2, 0.25) is 4.21 Å². The number of nitrogens with one attached hydrogen (secondary N) is 1. The molecule has 7 nitrogen and oxygen atoms in total. The molecule has 0 saturated carbocycles. The first-order chi connectivity index (χ1) is 16.1. The molecule has 1 aromatic heterocycles. The number of nitrogens with zero attached hydrogens (tertiary/aromatic N) is 2. The number of likely N-dealkylation sites (N-methyl/N-ethyl adjacent to an activating group) is 1. The van der Waals surface area contributed by atoms with E-state index in [2.05, 4.69) is 4.72 Å². The van der Waals surface area contributed by atoms with Gasteiger partial charge in [0.15, 0.2) is 0 Å². The second kappa shape index (κ2) is 10.5. The highest BCUT2D eigenvalue weighted by molar-refractivity contribution is 7.94. The molecule has 13 heteroatoms. The zero-order chi connectivity index (χ0) is 24.5. The SMILES string of the molecule is CN1CC[C@@H](Oc2cc(N[S+]([O-])c3cc(C(=O)N4CCOCC4)c(Cl)s3)ccc2C(F)(F)F)C1. The number of carbonyl (C=O) groups excluding carboxylic acids is 1. The highest BCUT2D eigenvalue weighted by Gasteiger charge is 2.36. The Balaban J connectivity index is 1.50. The van der Waals surface area contributed by atoms with Crippen LogP contribution in [0.2, 0.25) is 4.34 Å². The maximum atomic E-state index is 13.5. The fourth-order valence-corrected chi connectivity index (χ4v) is 6.24. The second-order valence-corrected chi connectivity index (χ2v) is 11.1. The lowest BCUT2D eigenvalue weighted by Gasteiger charge is -2.26. The molecule has 2 saturated heterocycles. The number of ether oxygens (including phenoxy) is 2. The third-order valence-corrected chi connectivity index (χ3v) is 8.28. The van der Waals surface area contributed by atoms with Crippen molar-refractivity contribution in [2.75, 3.05) is 51.2 Å². The standard InChI is InChI=1S/C21H23ClF3N3O4S2/c1-27-5-4-14(12-27)32-17-10-13(2-3-16(17)21(23,24)25)26-34(30)18-11-15(19(22)33-18)20(29)28-6-8-31-9-7-28/h2-3,10-11,14,26H,4-9,12H2,1H3/t14-,34?/m1/s1. The second-order valence-electron chi connectivity index (χ2n) is 8.03. The maximum absolute atomic E-state index is 13.5. The fraction of sp³-hybridized carbons (Fsp3) is 0.476. The van der Waals surface area contributed by atoms with Crippen molar-refractivity contribution in [3.8, 4) is 5.75 Å². The third-order valence-electron chi connectivity index (χ3n) is 5.51. The minimum Gasteiger partial charge on any atom is -0.587 e. The van der Waals surface area contributed by atoms with Crippen molar-refractivity contribution in [2.24, 2.45) is 0 Å². The van der Waals surface area contributed by atoms with Crippen molar-refractivity contribution in [1.29, 1.82) is 0 Å². The first-order valence-corrected chi connectivity index (χ1v) is 12.9. The van der Waals surface area contributed by atoms with Gasteiger partial charge in [-0.15, -0.1) is 0 Å². The van der Waals surface area contributed by atoms with Gasteiger partial charge >= 0.3 is 6.18 Å². The lowest BCUT2D eigenvalue weighted by atomic mass is 10.1. The van der Waals surface area contributed by atoms with Crippen LogP contribution in [-0.4, -0.2) is 72.8 Å². The van der Waals surface area contributed by atoms with Crippen LogP contribution in [0.4, 0.5) is 18.9 Å². The fourth-order valence-electron chi connectivity index (χ4n) is 3.77. The quantitative estimate of drug-likeness (QED) is 0.559. The summed E-state index contributed by atoms with van der Waals surface area (Å²) in [7, 11) is 1.87. The van der Waals surface area contributed by atoms with Gasteiger partial charge in [-0.05, 0) is 25.6 Å². The summed E-state index contributed by atoms with van der Waals surface area (Å²) in [5, 5.41) is 0. The van der Waals surface area contributed by atoms with E-state index in [1.54, 1.807) is 4.90 Å². The number of anilines is 1. The number of likely N-dealkylation sites (tertiary alicyclic amines) is 1. The molecule has 2 aromatic rings. The Hall–Kier alpha value is -1.70. The van der Waals surface area contributed by atoms with Crippen molar-refractivity contribution >= 4 is 45.9 Å². The summed E-state index contributed by atoms with van der Waals surface area (Å²) in [5.41, 5.74) is -0.463. The van der Waals surface area contributed by atoms with Crippen LogP contribution in [-0.2, 0) is 22.3 Å². The molecule has 34 heavy (non-hydrogen) atoms. The van der Waals surface area contributed by atoms with E-state index in [9.17, 15) is 22.5 Å². The largest absolute Gasteiger partial charge is 0.587 e. The van der Waals surface area contributed by atoms with Crippen LogP contribution in [0, 0.1) is 0 Å². The Labute approximate surface area is 207 Å². The van der Waals surface area contributed by atoms with E-state index in [0.29, 0.717) is 39.3 Å². The van der Waals surface area contributed by atoms with Gasteiger partial charge in [-0.3, -0.25) is 4.79 Å². The molecule has 1 aromatic carbocycles. The molecule has 0 aliphatic carbocycles. The molecule has 1 N–H and O–H groups in total. The first-order valence-electron chi connectivity index (χ1n) is 10.5. The smallest absolute Gasteiger partial charge is 0.419 e. The van der Waals surface area contributed by atoms with E-state index in [0.717, 1.165) is 23.9 Å². The molecule has 3 heterocycles. The van der Waals surface area contributed by atoms with Gasteiger partial charge in [-0.25, -0.2) is 4.72 Å². The molecule has 4 rings (SSSR count). The number of carbonyl (C=O) groups is 1. The average molecular weight is 538 g/mol. The number of rotatable bonds is 6. The maximum Gasteiger partial charge on any atom is 0.419 e. The van der Waals surface area contributed by atoms with Crippen LogP contribution in [0.5, 0.6) is 5.75 Å². The van der Waals surface area contributed by atoms with E-state index in [1.807, 2.05) is 11.9 Å². The lowest BCUT2D eigenvalue weighted by Crippen LogP contribution is -2.40. The number of thiophene rings is 1. The molecular formula is C21H23ClF3N3O4S2. The molecule has 2 aliphatic rings. The van der Waals surface area contributed by atoms with E-state index in [-0.39, 0.29) is 37.6 Å². The van der Waals surface area contributed by atoms with Crippen molar-refractivity contribution in [2.45, 2.75) is 22.9 Å². The number of alkyl halides is 3. The van der Waals surface area contributed by atoms with Gasteiger partial charge in [0, 0.05) is 38.3 Å². The molecule has 0 radical (unpaired) electrons. The van der Waals surface area contributed by atoms with Crippen LogP contribution in [0.15, 0.2) is 28.5 Å². The van der Waals surface area contributed by atoms with Crippen LogP contribution >= 0.6 is 22.9 Å². The van der Waals surface area contributed by atoms with Gasteiger partial charge in [0.05, 0.1) is 30.0 Å². The predicted octanol–water partition coefficient (Wildman–Crippen LogP) is 4.11. The van der Waals surface area contributed by atoms with Gasteiger partial charge in [-0.1, -0.05) is 22.9 Å². The normalized spacial score (nSPS) is 20.4. The summed E-state index contributed by atoms with van der Waals surface area (Å²) in [6.45, 7) is 3.00. The Morgan fingerprint density at radius 3 is 2.68 bits per heavy atom. The zero-order valence-electron chi connectivity index (χ0n) is 18.2.